The van der Waals surface area contributed by atoms with Gasteiger partial charge in [0.2, 0.25) is 11.8 Å². The van der Waals surface area contributed by atoms with E-state index in [0.29, 0.717) is 56.3 Å². The number of carbonyl (C=O) groups excluding carboxylic acids is 3. The summed E-state index contributed by atoms with van der Waals surface area (Å²) in [4.78, 5) is 36.7. The first-order valence-corrected chi connectivity index (χ1v) is 10.4. The maximum absolute atomic E-state index is 15.4. The topological polar surface area (TPSA) is 87.7 Å². The zero-order chi connectivity index (χ0) is 21.4. The smallest absolute Gasteiger partial charge is 0.407 e. The third-order valence-corrected chi connectivity index (χ3v) is 6.39. The fourth-order valence-corrected chi connectivity index (χ4v) is 4.87. The average molecular weight is 421 g/mol. The molecule has 30 heavy (non-hydrogen) atoms. The second-order valence-corrected chi connectivity index (χ2v) is 8.12. The maximum atomic E-state index is 15.4. The first-order chi connectivity index (χ1) is 14.4. The summed E-state index contributed by atoms with van der Waals surface area (Å²) in [6, 6.07) is 0.739. The fraction of sp³-hybridized carbons (Fsp3) is 0.571. The number of anilines is 1. The van der Waals surface area contributed by atoms with Gasteiger partial charge < -0.3 is 15.0 Å². The number of piperidine rings is 1. The van der Waals surface area contributed by atoms with Crippen LogP contribution in [0.3, 0.4) is 0 Å². The van der Waals surface area contributed by atoms with Gasteiger partial charge in [-0.05, 0) is 50.5 Å². The lowest BCUT2D eigenvalue weighted by Gasteiger charge is -2.32. The standard InChI is InChI=1S/C21H25F2N3O4/c1-24-21(29)30-12-4-2-11(3-5-12)18-14(22)10-16-13(19(18)23)8-9-26(16)15-6-7-17(27)25-20(15)28/h10-12,15H,2-9H2,1H3,(H,24,29)(H,25,27,28). The van der Waals surface area contributed by atoms with E-state index in [1.165, 1.54) is 13.1 Å². The zero-order valence-corrected chi connectivity index (χ0v) is 16.8. The SMILES string of the molecule is CNC(=O)OC1CCC(c2c(F)cc3c(c2F)CCN3C2CCC(=O)NC2=O)CC1. The monoisotopic (exact) mass is 421 g/mol. The van der Waals surface area contributed by atoms with Gasteiger partial charge in [0.1, 0.15) is 23.8 Å². The minimum absolute atomic E-state index is 0.0947. The molecule has 1 aromatic carbocycles. The number of benzene rings is 1. The number of rotatable bonds is 3. The van der Waals surface area contributed by atoms with E-state index in [4.69, 9.17) is 4.74 Å². The highest BCUT2D eigenvalue weighted by Crippen LogP contribution is 2.42. The summed E-state index contributed by atoms with van der Waals surface area (Å²) in [5.74, 6) is -2.15. The van der Waals surface area contributed by atoms with E-state index in [1.54, 1.807) is 4.90 Å². The molecule has 1 saturated heterocycles. The Hall–Kier alpha value is -2.71. The molecule has 0 radical (unpaired) electrons. The number of fused-ring (bicyclic) bond motifs is 1. The fourth-order valence-electron chi connectivity index (χ4n) is 4.87. The number of nitrogens with zero attached hydrogens (tertiary/aromatic N) is 1. The summed E-state index contributed by atoms with van der Waals surface area (Å²) in [5, 5.41) is 4.71. The molecule has 2 fully saturated rings. The van der Waals surface area contributed by atoms with E-state index in [2.05, 4.69) is 10.6 Å². The van der Waals surface area contributed by atoms with Crippen LogP contribution >= 0.6 is 0 Å². The van der Waals surface area contributed by atoms with Crippen LogP contribution in [0, 0.1) is 11.6 Å². The van der Waals surface area contributed by atoms with Gasteiger partial charge in [-0.1, -0.05) is 0 Å². The van der Waals surface area contributed by atoms with Gasteiger partial charge in [0.25, 0.3) is 0 Å². The number of halogens is 2. The molecule has 162 valence electrons. The van der Waals surface area contributed by atoms with E-state index >= 15 is 8.78 Å². The van der Waals surface area contributed by atoms with Crippen molar-refractivity contribution < 1.29 is 27.9 Å². The first kappa shape index (κ1) is 20.6. The van der Waals surface area contributed by atoms with Gasteiger partial charge in [-0.3, -0.25) is 14.9 Å². The summed E-state index contributed by atoms with van der Waals surface area (Å²) in [5.41, 5.74) is 0.928. The Balaban J connectivity index is 1.52. The second kappa shape index (κ2) is 8.20. The van der Waals surface area contributed by atoms with Crippen molar-refractivity contribution in [1.29, 1.82) is 0 Å². The van der Waals surface area contributed by atoms with E-state index in [-0.39, 0.29) is 29.9 Å². The van der Waals surface area contributed by atoms with Crippen molar-refractivity contribution in [2.45, 2.75) is 63.0 Å². The number of hydrogen-bond acceptors (Lipinski definition) is 5. The third kappa shape index (κ3) is 3.73. The number of imide groups is 1. The summed E-state index contributed by atoms with van der Waals surface area (Å²) in [6.45, 7) is 0.411. The van der Waals surface area contributed by atoms with Crippen LogP contribution < -0.4 is 15.5 Å². The average Bonchev–Trinajstić information content (AvgIpc) is 3.13. The number of amides is 3. The number of alkyl carbamates (subject to hydrolysis) is 1. The van der Waals surface area contributed by atoms with Crippen LogP contribution in [0.15, 0.2) is 6.07 Å². The van der Waals surface area contributed by atoms with Crippen molar-refractivity contribution >= 4 is 23.6 Å². The summed E-state index contributed by atoms with van der Waals surface area (Å²) < 4.78 is 35.7. The lowest BCUT2D eigenvalue weighted by molar-refractivity contribution is -0.134. The van der Waals surface area contributed by atoms with Crippen LogP contribution in [-0.2, 0) is 20.7 Å². The summed E-state index contributed by atoms with van der Waals surface area (Å²) in [6.07, 6.45) is 2.37. The highest BCUT2D eigenvalue weighted by atomic mass is 19.1. The molecule has 3 amide bonds. The molecule has 1 aliphatic carbocycles. The molecule has 1 saturated carbocycles. The van der Waals surface area contributed by atoms with Gasteiger partial charge in [0.15, 0.2) is 0 Å². The van der Waals surface area contributed by atoms with Crippen molar-refractivity contribution in [3.05, 3.63) is 28.8 Å². The predicted molar refractivity (Wildman–Crippen MR) is 104 cm³/mol. The van der Waals surface area contributed by atoms with Crippen molar-refractivity contribution in [2.24, 2.45) is 0 Å². The molecular formula is C21H25F2N3O4. The van der Waals surface area contributed by atoms with E-state index < -0.39 is 29.7 Å². The lowest BCUT2D eigenvalue weighted by atomic mass is 9.81. The molecule has 2 N–H and O–H groups in total. The van der Waals surface area contributed by atoms with E-state index in [9.17, 15) is 14.4 Å². The molecule has 1 unspecified atom stereocenters. The summed E-state index contributed by atoms with van der Waals surface area (Å²) >= 11 is 0. The first-order valence-electron chi connectivity index (χ1n) is 10.4. The normalized spacial score (nSPS) is 26.2. The lowest BCUT2D eigenvalue weighted by Crippen LogP contribution is -2.52. The summed E-state index contributed by atoms with van der Waals surface area (Å²) in [7, 11) is 1.49. The molecule has 9 heteroatoms. The number of carbonyl (C=O) groups is 3. The molecule has 2 heterocycles. The number of hydrogen-bond donors (Lipinski definition) is 2. The minimum atomic E-state index is -0.610. The van der Waals surface area contributed by atoms with Crippen molar-refractivity contribution in [1.82, 2.24) is 10.6 Å². The maximum Gasteiger partial charge on any atom is 0.407 e. The Morgan fingerprint density at radius 2 is 1.90 bits per heavy atom. The van der Waals surface area contributed by atoms with Gasteiger partial charge in [0.05, 0.1) is 0 Å². The Morgan fingerprint density at radius 3 is 2.57 bits per heavy atom. The minimum Gasteiger partial charge on any atom is -0.446 e. The van der Waals surface area contributed by atoms with Gasteiger partial charge in [-0.25, -0.2) is 13.6 Å². The van der Waals surface area contributed by atoms with E-state index in [0.717, 1.165) is 0 Å². The quantitative estimate of drug-likeness (QED) is 0.733. The number of ether oxygens (including phenoxy) is 1. The van der Waals surface area contributed by atoms with Crippen molar-refractivity contribution in [3.8, 4) is 0 Å². The van der Waals surface area contributed by atoms with Crippen molar-refractivity contribution in [2.75, 3.05) is 18.5 Å². The molecule has 1 aromatic rings. The van der Waals surface area contributed by atoms with Crippen LogP contribution in [0.5, 0.6) is 0 Å². The molecule has 0 spiro atoms. The second-order valence-electron chi connectivity index (χ2n) is 8.12. The molecule has 2 aliphatic heterocycles. The van der Waals surface area contributed by atoms with Crippen LogP contribution in [-0.4, -0.2) is 43.6 Å². The Kier molecular flexibility index (Phi) is 5.62. The van der Waals surface area contributed by atoms with Gasteiger partial charge in [-0.15, -0.1) is 0 Å². The molecular weight excluding hydrogens is 396 g/mol. The highest BCUT2D eigenvalue weighted by Gasteiger charge is 2.38. The third-order valence-electron chi connectivity index (χ3n) is 6.39. The molecule has 0 bridgehead atoms. The molecule has 3 aliphatic rings. The predicted octanol–water partition coefficient (Wildman–Crippen LogP) is 2.51. The van der Waals surface area contributed by atoms with Crippen LogP contribution in [0.1, 0.15) is 55.6 Å². The molecule has 7 nitrogen and oxygen atoms in total. The molecule has 0 aromatic heterocycles. The highest BCUT2D eigenvalue weighted by molar-refractivity contribution is 6.01. The van der Waals surface area contributed by atoms with E-state index in [1.807, 2.05) is 0 Å². The molecule has 1 atom stereocenters. The Morgan fingerprint density at radius 1 is 1.17 bits per heavy atom. The van der Waals surface area contributed by atoms with Gasteiger partial charge in [-0.2, -0.15) is 0 Å². The van der Waals surface area contributed by atoms with Crippen LogP contribution in [0.25, 0.3) is 0 Å². The molecule has 4 rings (SSSR count). The van der Waals surface area contributed by atoms with Gasteiger partial charge in [0, 0.05) is 36.8 Å². The zero-order valence-electron chi connectivity index (χ0n) is 16.8. The van der Waals surface area contributed by atoms with Gasteiger partial charge >= 0.3 is 6.09 Å². The van der Waals surface area contributed by atoms with Crippen LogP contribution in [0.4, 0.5) is 19.3 Å². The van der Waals surface area contributed by atoms with Crippen molar-refractivity contribution in [3.63, 3.8) is 0 Å². The Bertz CT molecular complexity index is 883. The largest absolute Gasteiger partial charge is 0.446 e. The number of nitrogens with one attached hydrogen (secondary N) is 2. The van der Waals surface area contributed by atoms with Crippen LogP contribution in [0.2, 0.25) is 0 Å². The Labute approximate surface area is 173 Å².